The smallest absolute Gasteiger partial charge is 0.0699 e. The Hall–Kier alpha value is -0.830. The molecule has 0 fully saturated rings. The maximum Gasteiger partial charge on any atom is 0.0699 e. The fraction of sp³-hybridized carbons (Fsp3) is 0.400. The van der Waals surface area contributed by atoms with Crippen molar-refractivity contribution in [2.24, 2.45) is 0 Å². The van der Waals surface area contributed by atoms with E-state index in [1.807, 2.05) is 32.0 Å². The van der Waals surface area contributed by atoms with Crippen LogP contribution in [0.15, 0.2) is 29.2 Å². The largest absolute Gasteiger partial charge is 0.249 e. The molecule has 0 aliphatic carbocycles. The van der Waals surface area contributed by atoms with Gasteiger partial charge in [-0.05, 0) is 17.5 Å². The quantitative estimate of drug-likeness (QED) is 0.778. The van der Waals surface area contributed by atoms with Crippen molar-refractivity contribution >= 4 is 9.73 Å². The van der Waals surface area contributed by atoms with Gasteiger partial charge in [0.2, 0.25) is 0 Å². The molecule has 0 spiro atoms. The molecular weight excluding hydrogens is 182 g/mol. The molecule has 1 unspecified atom stereocenters. The highest BCUT2D eigenvalue weighted by atomic mass is 32.2. The third-order valence-corrected chi connectivity index (χ3v) is 3.17. The molecule has 1 atom stereocenters. The van der Waals surface area contributed by atoms with Crippen molar-refractivity contribution < 1.29 is 4.21 Å². The highest BCUT2D eigenvalue weighted by molar-refractivity contribution is 7.91. The molecule has 3 heteroatoms. The molecule has 1 rings (SSSR count). The van der Waals surface area contributed by atoms with Gasteiger partial charge in [0.1, 0.15) is 0 Å². The minimum Gasteiger partial charge on any atom is -0.249 e. The van der Waals surface area contributed by atoms with Crippen LogP contribution in [0.1, 0.15) is 25.3 Å². The fourth-order valence-corrected chi connectivity index (χ4v) is 2.40. The summed E-state index contributed by atoms with van der Waals surface area (Å²) in [5.74, 6) is 0.322. The highest BCUT2D eigenvalue weighted by Gasteiger charge is 2.11. The summed E-state index contributed by atoms with van der Waals surface area (Å²) in [6.07, 6.45) is 1.47. The first-order valence-corrected chi connectivity index (χ1v) is 6.22. The predicted octanol–water partition coefficient (Wildman–Crippen LogP) is 2.85. The van der Waals surface area contributed by atoms with Gasteiger partial charge in [0, 0.05) is 6.26 Å². The third kappa shape index (κ3) is 2.31. The highest BCUT2D eigenvalue weighted by Crippen LogP contribution is 2.23. The molecule has 0 radical (unpaired) electrons. The van der Waals surface area contributed by atoms with Crippen molar-refractivity contribution in [2.75, 3.05) is 6.26 Å². The minimum atomic E-state index is -2.58. The van der Waals surface area contributed by atoms with Gasteiger partial charge < -0.3 is 0 Å². The van der Waals surface area contributed by atoms with Crippen LogP contribution in [0, 0.1) is 4.78 Å². The molecule has 0 saturated heterocycles. The Kier molecular flexibility index (Phi) is 2.76. The average molecular weight is 197 g/mol. The van der Waals surface area contributed by atoms with Crippen LogP contribution in [-0.4, -0.2) is 10.5 Å². The molecule has 13 heavy (non-hydrogen) atoms. The van der Waals surface area contributed by atoms with Crippen molar-refractivity contribution in [3.63, 3.8) is 0 Å². The van der Waals surface area contributed by atoms with Gasteiger partial charge in [0.15, 0.2) is 0 Å². The SMILES string of the molecule is CC(C)c1ccccc1S(C)(=N)=O. The van der Waals surface area contributed by atoms with E-state index in [9.17, 15) is 4.21 Å². The zero-order valence-electron chi connectivity index (χ0n) is 8.20. The van der Waals surface area contributed by atoms with E-state index in [-0.39, 0.29) is 0 Å². The van der Waals surface area contributed by atoms with Crippen molar-refractivity contribution in [1.82, 2.24) is 0 Å². The number of hydrogen-bond donors (Lipinski definition) is 1. The molecule has 2 nitrogen and oxygen atoms in total. The Bertz CT molecular complexity index is 393. The van der Waals surface area contributed by atoms with Crippen LogP contribution >= 0.6 is 0 Å². The Morgan fingerprint density at radius 3 is 2.23 bits per heavy atom. The molecule has 0 bridgehead atoms. The first-order valence-electron chi connectivity index (χ1n) is 4.25. The van der Waals surface area contributed by atoms with Crippen LogP contribution in [0.4, 0.5) is 0 Å². The molecule has 1 aromatic carbocycles. The van der Waals surface area contributed by atoms with Gasteiger partial charge >= 0.3 is 0 Å². The second-order valence-electron chi connectivity index (χ2n) is 3.54. The lowest BCUT2D eigenvalue weighted by molar-refractivity contribution is 0.676. The molecule has 0 aromatic heterocycles. The molecule has 72 valence electrons. The summed E-state index contributed by atoms with van der Waals surface area (Å²) in [6.45, 7) is 4.09. The minimum absolute atomic E-state index is 0.322. The predicted molar refractivity (Wildman–Crippen MR) is 55.6 cm³/mol. The number of benzene rings is 1. The average Bonchev–Trinajstić information content (AvgIpc) is 2.03. The van der Waals surface area contributed by atoms with Crippen molar-refractivity contribution in [3.05, 3.63) is 29.8 Å². The zero-order chi connectivity index (χ0) is 10.1. The van der Waals surface area contributed by atoms with E-state index in [1.165, 1.54) is 6.26 Å². The lowest BCUT2D eigenvalue weighted by Gasteiger charge is -2.11. The number of nitrogens with one attached hydrogen (secondary N) is 1. The van der Waals surface area contributed by atoms with Crippen LogP contribution < -0.4 is 0 Å². The Morgan fingerprint density at radius 2 is 1.85 bits per heavy atom. The Labute approximate surface area is 80.0 Å². The van der Waals surface area contributed by atoms with E-state index in [1.54, 1.807) is 6.07 Å². The molecule has 0 aliphatic heterocycles. The van der Waals surface area contributed by atoms with E-state index in [4.69, 9.17) is 4.78 Å². The standard InChI is InChI=1S/C10H15NOS/c1-8(2)9-6-4-5-7-10(9)13(3,11)12/h4-8,11H,1-3H3. The fourth-order valence-electron chi connectivity index (χ4n) is 1.31. The van der Waals surface area contributed by atoms with Gasteiger partial charge in [0.05, 0.1) is 14.6 Å². The summed E-state index contributed by atoms with van der Waals surface area (Å²) >= 11 is 0. The van der Waals surface area contributed by atoms with Gasteiger partial charge in [-0.1, -0.05) is 32.0 Å². The second-order valence-corrected chi connectivity index (χ2v) is 5.66. The summed E-state index contributed by atoms with van der Waals surface area (Å²) in [6, 6.07) is 7.48. The normalized spacial score (nSPS) is 15.7. The van der Waals surface area contributed by atoms with Crippen LogP contribution in [0.5, 0.6) is 0 Å². The van der Waals surface area contributed by atoms with Gasteiger partial charge in [0.25, 0.3) is 0 Å². The zero-order valence-corrected chi connectivity index (χ0v) is 9.02. The van der Waals surface area contributed by atoms with Crippen molar-refractivity contribution in [1.29, 1.82) is 4.78 Å². The summed E-state index contributed by atoms with van der Waals surface area (Å²) in [4.78, 5) is 0.671. The van der Waals surface area contributed by atoms with Crippen molar-refractivity contribution in [2.45, 2.75) is 24.7 Å². The van der Waals surface area contributed by atoms with Gasteiger partial charge in [-0.25, -0.2) is 8.99 Å². The molecule has 0 aliphatic rings. The van der Waals surface area contributed by atoms with E-state index >= 15 is 0 Å². The summed E-state index contributed by atoms with van der Waals surface area (Å²) < 4.78 is 19.1. The molecule has 1 N–H and O–H groups in total. The van der Waals surface area contributed by atoms with Crippen LogP contribution in [0.2, 0.25) is 0 Å². The summed E-state index contributed by atoms with van der Waals surface area (Å²) in [7, 11) is -2.58. The molecular formula is C10H15NOS. The summed E-state index contributed by atoms with van der Waals surface area (Å²) in [5.41, 5.74) is 1.02. The van der Waals surface area contributed by atoms with E-state index in [0.717, 1.165) is 5.56 Å². The first kappa shape index (κ1) is 10.3. The maximum absolute atomic E-state index is 11.6. The molecule has 0 amide bonds. The number of rotatable bonds is 2. The van der Waals surface area contributed by atoms with Crippen LogP contribution in [-0.2, 0) is 9.73 Å². The Balaban J connectivity index is 3.37. The third-order valence-electron chi connectivity index (χ3n) is 1.96. The lowest BCUT2D eigenvalue weighted by atomic mass is 10.0. The van der Waals surface area contributed by atoms with Gasteiger partial charge in [-0.15, -0.1) is 0 Å². The van der Waals surface area contributed by atoms with E-state index < -0.39 is 9.73 Å². The van der Waals surface area contributed by atoms with Crippen LogP contribution in [0.3, 0.4) is 0 Å². The van der Waals surface area contributed by atoms with Crippen LogP contribution in [0.25, 0.3) is 0 Å². The first-order chi connectivity index (χ1) is 5.93. The van der Waals surface area contributed by atoms with E-state index in [2.05, 4.69) is 0 Å². The van der Waals surface area contributed by atoms with Gasteiger partial charge in [-0.2, -0.15) is 0 Å². The molecule has 0 heterocycles. The second kappa shape index (κ2) is 3.50. The number of hydrogen-bond acceptors (Lipinski definition) is 2. The molecule has 0 saturated carbocycles. The monoisotopic (exact) mass is 197 g/mol. The van der Waals surface area contributed by atoms with Crippen molar-refractivity contribution in [3.8, 4) is 0 Å². The summed E-state index contributed by atoms with van der Waals surface area (Å²) in [5, 5.41) is 0. The Morgan fingerprint density at radius 1 is 1.31 bits per heavy atom. The van der Waals surface area contributed by atoms with E-state index in [0.29, 0.717) is 10.8 Å². The van der Waals surface area contributed by atoms with Gasteiger partial charge in [-0.3, -0.25) is 0 Å². The maximum atomic E-state index is 11.6. The molecule has 1 aromatic rings. The topological polar surface area (TPSA) is 40.9 Å². The lowest BCUT2D eigenvalue weighted by Crippen LogP contribution is -2.01.